The van der Waals surface area contributed by atoms with Crippen LogP contribution in [0.4, 0.5) is 10.5 Å². The van der Waals surface area contributed by atoms with E-state index >= 15 is 0 Å². The fraction of sp³-hybridized carbons (Fsp3) is 0.500. The quantitative estimate of drug-likeness (QED) is 0.633. The number of benzene rings is 1. The van der Waals surface area contributed by atoms with Crippen molar-refractivity contribution in [2.75, 3.05) is 45.7 Å². The normalized spacial score (nSPS) is 25.6. The molecule has 0 unspecified atom stereocenters. The summed E-state index contributed by atoms with van der Waals surface area (Å²) < 4.78 is 0. The summed E-state index contributed by atoms with van der Waals surface area (Å²) in [6.07, 6.45) is 0.205. The second kappa shape index (κ2) is 5.69. The van der Waals surface area contributed by atoms with Crippen LogP contribution < -0.4 is 4.90 Å². The highest BCUT2D eigenvalue weighted by Gasteiger charge is 2.63. The Kier molecular flexibility index (Phi) is 3.79. The molecule has 4 amide bonds. The van der Waals surface area contributed by atoms with Crippen LogP contribution in [-0.2, 0) is 16.0 Å². The minimum Gasteiger partial charge on any atom is -0.364 e. The molecule has 4 rings (SSSR count). The number of urea groups is 1. The molecule has 1 spiro atoms. The molecule has 8 heteroatoms. The van der Waals surface area contributed by atoms with Crippen LogP contribution in [0.25, 0.3) is 0 Å². The molecule has 1 aromatic rings. The molecule has 26 heavy (non-hydrogen) atoms. The van der Waals surface area contributed by atoms with E-state index in [9.17, 15) is 14.4 Å². The van der Waals surface area contributed by atoms with Crippen molar-refractivity contribution in [3.63, 3.8) is 0 Å². The number of amides is 4. The third kappa shape index (κ3) is 2.07. The van der Waals surface area contributed by atoms with Gasteiger partial charge in [0.15, 0.2) is 5.41 Å². The van der Waals surface area contributed by atoms with E-state index in [4.69, 9.17) is 11.6 Å². The molecule has 7 nitrogen and oxygen atoms in total. The van der Waals surface area contributed by atoms with Crippen molar-refractivity contribution >= 4 is 35.1 Å². The third-order valence-electron chi connectivity index (χ3n) is 5.96. The average Bonchev–Trinajstić information content (AvgIpc) is 2.63. The van der Waals surface area contributed by atoms with Gasteiger partial charge in [0, 0.05) is 50.9 Å². The third-order valence-corrected chi connectivity index (χ3v) is 6.31. The number of rotatable bonds is 0. The number of imide groups is 2. The first-order valence-corrected chi connectivity index (χ1v) is 8.99. The van der Waals surface area contributed by atoms with Crippen LogP contribution in [0, 0.1) is 5.41 Å². The van der Waals surface area contributed by atoms with Crippen LogP contribution in [0.15, 0.2) is 18.2 Å². The van der Waals surface area contributed by atoms with Gasteiger partial charge in [0.25, 0.3) is 0 Å². The molecule has 1 aromatic carbocycles. The highest BCUT2D eigenvalue weighted by Crippen LogP contribution is 2.48. The van der Waals surface area contributed by atoms with Gasteiger partial charge in [-0.25, -0.2) is 4.79 Å². The van der Waals surface area contributed by atoms with Gasteiger partial charge in [0.2, 0.25) is 11.8 Å². The number of anilines is 1. The van der Waals surface area contributed by atoms with Crippen molar-refractivity contribution in [1.82, 2.24) is 14.7 Å². The second-order valence-electron chi connectivity index (χ2n) is 7.37. The number of halogens is 1. The molecule has 0 saturated carbocycles. The summed E-state index contributed by atoms with van der Waals surface area (Å²) in [6, 6.07) is 4.72. The Morgan fingerprint density at radius 1 is 1.04 bits per heavy atom. The van der Waals surface area contributed by atoms with Gasteiger partial charge in [-0.2, -0.15) is 0 Å². The minimum absolute atomic E-state index is 0.205. The summed E-state index contributed by atoms with van der Waals surface area (Å²) in [5.41, 5.74) is 0.432. The van der Waals surface area contributed by atoms with Crippen molar-refractivity contribution in [1.29, 1.82) is 0 Å². The van der Waals surface area contributed by atoms with Crippen LogP contribution in [0.3, 0.4) is 0 Å². The van der Waals surface area contributed by atoms with Gasteiger partial charge in [-0.1, -0.05) is 17.7 Å². The first kappa shape index (κ1) is 17.3. The first-order valence-electron chi connectivity index (χ1n) is 8.62. The Hall–Kier alpha value is -2.12. The van der Waals surface area contributed by atoms with E-state index in [1.807, 2.05) is 19.2 Å². The maximum atomic E-state index is 13.3. The molecule has 2 saturated heterocycles. The molecule has 0 aromatic heterocycles. The highest BCUT2D eigenvalue weighted by atomic mass is 35.5. The molecule has 0 radical (unpaired) electrons. The zero-order valence-electron chi connectivity index (χ0n) is 15.0. The van der Waals surface area contributed by atoms with E-state index in [2.05, 4.69) is 9.80 Å². The largest absolute Gasteiger partial charge is 0.364 e. The first-order chi connectivity index (χ1) is 12.3. The molecule has 2 fully saturated rings. The summed E-state index contributed by atoms with van der Waals surface area (Å²) in [4.78, 5) is 45.3. The van der Waals surface area contributed by atoms with E-state index in [-0.39, 0.29) is 12.5 Å². The van der Waals surface area contributed by atoms with Crippen LogP contribution >= 0.6 is 11.6 Å². The van der Waals surface area contributed by atoms with Gasteiger partial charge in [-0.3, -0.25) is 19.4 Å². The zero-order valence-corrected chi connectivity index (χ0v) is 15.8. The highest BCUT2D eigenvalue weighted by molar-refractivity contribution is 6.32. The Bertz CT molecular complexity index is 803. The molecule has 3 aliphatic rings. The van der Waals surface area contributed by atoms with E-state index < -0.39 is 23.3 Å². The summed E-state index contributed by atoms with van der Waals surface area (Å²) in [7, 11) is 4.86. The predicted octanol–water partition coefficient (Wildman–Crippen LogP) is 1.05. The van der Waals surface area contributed by atoms with E-state index in [1.165, 1.54) is 14.1 Å². The van der Waals surface area contributed by atoms with Crippen LogP contribution in [0.1, 0.15) is 5.56 Å². The smallest absolute Gasteiger partial charge is 0.332 e. The van der Waals surface area contributed by atoms with Crippen molar-refractivity contribution in [3.8, 4) is 0 Å². The monoisotopic (exact) mass is 376 g/mol. The molecule has 3 aliphatic heterocycles. The van der Waals surface area contributed by atoms with Gasteiger partial charge in [0.05, 0.1) is 6.04 Å². The van der Waals surface area contributed by atoms with Crippen molar-refractivity contribution in [2.24, 2.45) is 5.41 Å². The lowest BCUT2D eigenvalue weighted by Crippen LogP contribution is -2.74. The van der Waals surface area contributed by atoms with Crippen LogP contribution in [0.5, 0.6) is 0 Å². The Morgan fingerprint density at radius 2 is 1.69 bits per heavy atom. The van der Waals surface area contributed by atoms with Gasteiger partial charge >= 0.3 is 6.03 Å². The van der Waals surface area contributed by atoms with Crippen molar-refractivity contribution in [2.45, 2.75) is 12.5 Å². The number of likely N-dealkylation sites (N-methyl/N-ethyl adjacent to an activating group) is 1. The predicted molar refractivity (Wildman–Crippen MR) is 97.2 cm³/mol. The second-order valence-corrected chi connectivity index (χ2v) is 7.78. The number of piperazine rings is 1. The molecule has 0 bridgehead atoms. The number of nitrogens with zero attached hydrogens (tertiary/aromatic N) is 4. The maximum Gasteiger partial charge on any atom is 0.332 e. The molecule has 138 valence electrons. The summed E-state index contributed by atoms with van der Waals surface area (Å²) >= 11 is 6.45. The summed E-state index contributed by atoms with van der Waals surface area (Å²) in [5, 5.41) is 0.544. The van der Waals surface area contributed by atoms with E-state index in [1.54, 1.807) is 6.07 Å². The molecule has 3 heterocycles. The lowest BCUT2D eigenvalue weighted by atomic mass is 9.67. The topological polar surface area (TPSA) is 64.2 Å². The minimum atomic E-state index is -1.34. The number of carbonyl (C=O) groups excluding carboxylic acids is 3. The SMILES string of the molecule is CN1CCN2c3cccc(Cl)c3CC3(C(=O)N(C)C(=O)N(C)C3=O)[C@H]2C1. The van der Waals surface area contributed by atoms with E-state index in [0.717, 1.165) is 27.6 Å². The lowest BCUT2D eigenvalue weighted by Gasteiger charge is -2.55. The molecular weight excluding hydrogens is 356 g/mol. The van der Waals surface area contributed by atoms with Crippen LogP contribution in [-0.4, -0.2) is 79.4 Å². The Balaban J connectivity index is 1.95. The summed E-state index contributed by atoms with van der Waals surface area (Å²) in [6.45, 7) is 2.09. The molecule has 1 atom stereocenters. The van der Waals surface area contributed by atoms with Gasteiger partial charge in [-0.15, -0.1) is 0 Å². The Labute approximate surface area is 157 Å². The number of fused-ring (bicyclic) bond motifs is 4. The lowest BCUT2D eigenvalue weighted by molar-refractivity contribution is -0.160. The van der Waals surface area contributed by atoms with Crippen molar-refractivity contribution < 1.29 is 14.4 Å². The van der Waals surface area contributed by atoms with Gasteiger partial charge in [-0.05, 0) is 24.7 Å². The summed E-state index contributed by atoms with van der Waals surface area (Å²) in [5.74, 6) is -0.886. The van der Waals surface area contributed by atoms with Crippen LogP contribution in [0.2, 0.25) is 5.02 Å². The zero-order chi connectivity index (χ0) is 18.8. The van der Waals surface area contributed by atoms with Crippen molar-refractivity contribution in [3.05, 3.63) is 28.8 Å². The average molecular weight is 377 g/mol. The van der Waals surface area contributed by atoms with Gasteiger partial charge in [0.1, 0.15) is 0 Å². The van der Waals surface area contributed by atoms with E-state index in [0.29, 0.717) is 18.1 Å². The maximum absolute atomic E-state index is 13.3. The standard InChI is InChI=1S/C18H21ClN4O3/c1-20-7-8-23-13-6-4-5-12(19)11(13)9-18(14(23)10-20)15(24)21(2)17(26)22(3)16(18)25/h4-6,14H,7-10H2,1-3H3/t14-/m1/s1. The number of hydrogen-bond acceptors (Lipinski definition) is 5. The fourth-order valence-electron chi connectivity index (χ4n) is 4.54. The number of hydrogen-bond donors (Lipinski definition) is 0. The molecule has 0 N–H and O–H groups in total. The van der Waals surface area contributed by atoms with Gasteiger partial charge < -0.3 is 9.80 Å². The number of barbiturate groups is 1. The fourth-order valence-corrected chi connectivity index (χ4v) is 4.78. The molecule has 0 aliphatic carbocycles. The number of carbonyl (C=O) groups is 3. The Morgan fingerprint density at radius 3 is 2.35 bits per heavy atom. The molecular formula is C18H21ClN4O3.